The van der Waals surface area contributed by atoms with E-state index in [1.807, 2.05) is 6.08 Å². The van der Waals surface area contributed by atoms with Crippen LogP contribution in [0.3, 0.4) is 0 Å². The van der Waals surface area contributed by atoms with Crippen molar-refractivity contribution in [1.29, 1.82) is 0 Å². The predicted octanol–water partition coefficient (Wildman–Crippen LogP) is 3.42. The Morgan fingerprint density at radius 3 is 2.00 bits per heavy atom. The largest absolute Gasteiger partial charge is 0.377 e. The topological polar surface area (TPSA) is 18.5 Å². The van der Waals surface area contributed by atoms with Crippen LogP contribution in [0.5, 0.6) is 0 Å². The molecule has 90 valence electrons. The van der Waals surface area contributed by atoms with Crippen LogP contribution in [0.15, 0.2) is 12.7 Å². The van der Waals surface area contributed by atoms with E-state index in [0.717, 1.165) is 32.3 Å². The first-order chi connectivity index (χ1) is 7.31. The number of rotatable bonds is 5. The lowest BCUT2D eigenvalue weighted by molar-refractivity contribution is -0.0334. The van der Waals surface area contributed by atoms with Crippen molar-refractivity contribution in [2.75, 3.05) is 26.4 Å². The summed E-state index contributed by atoms with van der Waals surface area (Å²) in [5, 5.41) is 0. The second kappa shape index (κ2) is 11.7. The van der Waals surface area contributed by atoms with Crippen molar-refractivity contribution < 1.29 is 9.47 Å². The third-order valence-corrected chi connectivity index (χ3v) is 2.39. The van der Waals surface area contributed by atoms with Crippen molar-refractivity contribution in [3.63, 3.8) is 0 Å². The maximum Gasteiger partial charge on any atom is 0.0701 e. The molecule has 1 aliphatic heterocycles. The summed E-state index contributed by atoms with van der Waals surface area (Å²) in [7, 11) is 0. The molecular weight excluding hydrogens is 188 g/mol. The van der Waals surface area contributed by atoms with Crippen molar-refractivity contribution in [3.05, 3.63) is 12.7 Å². The highest BCUT2D eigenvalue weighted by atomic mass is 16.6. The minimum atomic E-state index is 0.778. The van der Waals surface area contributed by atoms with Crippen molar-refractivity contribution in [2.24, 2.45) is 5.92 Å². The van der Waals surface area contributed by atoms with Crippen LogP contribution in [0.2, 0.25) is 0 Å². The Bertz CT molecular complexity index is 119. The van der Waals surface area contributed by atoms with Gasteiger partial charge in [0, 0.05) is 0 Å². The number of hydrogen-bond donors (Lipinski definition) is 0. The van der Waals surface area contributed by atoms with Gasteiger partial charge in [-0.2, -0.15) is 0 Å². The van der Waals surface area contributed by atoms with Gasteiger partial charge in [-0.3, -0.25) is 0 Å². The maximum absolute atomic E-state index is 4.94. The van der Waals surface area contributed by atoms with Gasteiger partial charge in [0.05, 0.1) is 26.4 Å². The fourth-order valence-electron chi connectivity index (χ4n) is 1.48. The molecule has 0 spiro atoms. The quantitative estimate of drug-likeness (QED) is 0.653. The van der Waals surface area contributed by atoms with Crippen molar-refractivity contribution in [2.45, 2.75) is 39.5 Å². The minimum absolute atomic E-state index is 0.778. The zero-order valence-corrected chi connectivity index (χ0v) is 10.3. The van der Waals surface area contributed by atoms with E-state index in [9.17, 15) is 0 Å². The molecule has 0 bridgehead atoms. The summed E-state index contributed by atoms with van der Waals surface area (Å²) in [5.74, 6) is 0.896. The first-order valence-electron chi connectivity index (χ1n) is 6.07. The third-order valence-electron chi connectivity index (χ3n) is 2.39. The molecule has 0 aromatic carbocycles. The maximum atomic E-state index is 4.94. The summed E-state index contributed by atoms with van der Waals surface area (Å²) >= 11 is 0. The summed E-state index contributed by atoms with van der Waals surface area (Å²) < 4.78 is 9.89. The first-order valence-corrected chi connectivity index (χ1v) is 6.07. The van der Waals surface area contributed by atoms with E-state index >= 15 is 0 Å². The third kappa shape index (κ3) is 11.6. The molecule has 0 radical (unpaired) electrons. The van der Waals surface area contributed by atoms with Crippen molar-refractivity contribution in [3.8, 4) is 0 Å². The molecule has 1 fully saturated rings. The molecule has 0 saturated carbocycles. The van der Waals surface area contributed by atoms with Gasteiger partial charge in [-0.15, -0.1) is 6.58 Å². The molecule has 1 rings (SSSR count). The van der Waals surface area contributed by atoms with Gasteiger partial charge >= 0.3 is 0 Å². The molecule has 1 heterocycles. The lowest BCUT2D eigenvalue weighted by Gasteiger charge is -2.09. The fourth-order valence-corrected chi connectivity index (χ4v) is 1.48. The highest BCUT2D eigenvalue weighted by Gasteiger charge is 1.96. The minimum Gasteiger partial charge on any atom is -0.377 e. The predicted molar refractivity (Wildman–Crippen MR) is 65.1 cm³/mol. The monoisotopic (exact) mass is 214 g/mol. The Balaban J connectivity index is 0.000000280. The van der Waals surface area contributed by atoms with Gasteiger partial charge in [0.15, 0.2) is 0 Å². The number of allylic oxidation sites excluding steroid dienone is 1. The fraction of sp³-hybridized carbons (Fsp3) is 0.846. The zero-order valence-electron chi connectivity index (χ0n) is 10.3. The van der Waals surface area contributed by atoms with Gasteiger partial charge < -0.3 is 9.47 Å². The average Bonchev–Trinajstić information content (AvgIpc) is 2.30. The van der Waals surface area contributed by atoms with Gasteiger partial charge in [0.1, 0.15) is 0 Å². The molecule has 0 aliphatic carbocycles. The molecule has 1 saturated heterocycles. The molecule has 15 heavy (non-hydrogen) atoms. The standard InChI is InChI=1S/C9H18.C4H8O2/c1-4-6-8-9(3)7-5-2;1-2-6-4-3-5-1/h4,9H,1,5-8H2,2-3H3;1-4H2. The highest BCUT2D eigenvalue weighted by Crippen LogP contribution is 2.11. The number of hydrogen-bond acceptors (Lipinski definition) is 2. The Morgan fingerprint density at radius 1 is 1.13 bits per heavy atom. The summed E-state index contributed by atoms with van der Waals surface area (Å²) in [5.41, 5.74) is 0. The van der Waals surface area contributed by atoms with E-state index in [-0.39, 0.29) is 0 Å². The van der Waals surface area contributed by atoms with Crippen LogP contribution in [0, 0.1) is 5.92 Å². The first kappa shape index (κ1) is 14.7. The van der Waals surface area contributed by atoms with Crippen LogP contribution in [0.25, 0.3) is 0 Å². The second-order valence-corrected chi connectivity index (χ2v) is 3.98. The summed E-state index contributed by atoms with van der Waals surface area (Å²) in [6.45, 7) is 11.4. The lowest BCUT2D eigenvalue weighted by Crippen LogP contribution is -2.16. The second-order valence-electron chi connectivity index (χ2n) is 3.98. The van der Waals surface area contributed by atoms with Gasteiger partial charge in [0.2, 0.25) is 0 Å². The smallest absolute Gasteiger partial charge is 0.0701 e. The SMILES string of the molecule is C1COCCO1.C=CCCC(C)CCC. The zero-order chi connectivity index (χ0) is 11.4. The Hall–Kier alpha value is -0.340. The van der Waals surface area contributed by atoms with E-state index in [1.165, 1.54) is 25.7 Å². The highest BCUT2D eigenvalue weighted by molar-refractivity contribution is 4.67. The van der Waals surface area contributed by atoms with Crippen molar-refractivity contribution in [1.82, 2.24) is 0 Å². The Labute approximate surface area is 94.7 Å². The van der Waals surface area contributed by atoms with E-state index < -0.39 is 0 Å². The molecular formula is C13H26O2. The molecule has 1 aliphatic rings. The van der Waals surface area contributed by atoms with Crippen LogP contribution >= 0.6 is 0 Å². The van der Waals surface area contributed by atoms with E-state index in [2.05, 4.69) is 20.4 Å². The van der Waals surface area contributed by atoms with E-state index in [4.69, 9.17) is 9.47 Å². The molecule has 0 N–H and O–H groups in total. The summed E-state index contributed by atoms with van der Waals surface area (Å²) in [6.07, 6.45) is 7.19. The van der Waals surface area contributed by atoms with Crippen molar-refractivity contribution >= 4 is 0 Å². The number of ether oxygens (including phenoxy) is 2. The Morgan fingerprint density at radius 2 is 1.67 bits per heavy atom. The van der Waals surface area contributed by atoms with Crippen LogP contribution in [0.4, 0.5) is 0 Å². The lowest BCUT2D eigenvalue weighted by atomic mass is 10.0. The van der Waals surface area contributed by atoms with Crippen LogP contribution in [-0.2, 0) is 9.47 Å². The summed E-state index contributed by atoms with van der Waals surface area (Å²) in [6, 6.07) is 0. The molecule has 0 aromatic rings. The van der Waals surface area contributed by atoms with Crippen LogP contribution in [0.1, 0.15) is 39.5 Å². The molecule has 1 unspecified atom stereocenters. The molecule has 0 amide bonds. The summed E-state index contributed by atoms with van der Waals surface area (Å²) in [4.78, 5) is 0. The normalized spacial score (nSPS) is 17.5. The van der Waals surface area contributed by atoms with E-state index in [0.29, 0.717) is 0 Å². The molecule has 2 nitrogen and oxygen atoms in total. The molecule has 0 aromatic heterocycles. The average molecular weight is 214 g/mol. The van der Waals surface area contributed by atoms with Crippen LogP contribution in [-0.4, -0.2) is 26.4 Å². The Kier molecular flexibility index (Phi) is 11.5. The van der Waals surface area contributed by atoms with Crippen LogP contribution < -0.4 is 0 Å². The van der Waals surface area contributed by atoms with Gasteiger partial charge in [0.25, 0.3) is 0 Å². The molecule has 1 atom stereocenters. The van der Waals surface area contributed by atoms with Gasteiger partial charge in [-0.1, -0.05) is 32.8 Å². The van der Waals surface area contributed by atoms with Gasteiger partial charge in [-0.25, -0.2) is 0 Å². The van der Waals surface area contributed by atoms with E-state index in [1.54, 1.807) is 0 Å². The van der Waals surface area contributed by atoms with Gasteiger partial charge in [-0.05, 0) is 18.8 Å². The molecule has 2 heteroatoms.